The van der Waals surface area contributed by atoms with Crippen molar-refractivity contribution in [3.63, 3.8) is 0 Å². The molecule has 0 aromatic carbocycles. The molecule has 1 unspecified atom stereocenters. The second-order valence-electron chi connectivity index (χ2n) is 3.80. The molecule has 2 atom stereocenters. The van der Waals surface area contributed by atoms with Gasteiger partial charge < -0.3 is 16.2 Å². The third-order valence-corrected chi connectivity index (χ3v) is 1.79. The van der Waals surface area contributed by atoms with E-state index in [4.69, 9.17) is 10.8 Å². The summed E-state index contributed by atoms with van der Waals surface area (Å²) in [6.45, 7) is 5.31. The maximum Gasteiger partial charge on any atom is 0.325 e. The van der Waals surface area contributed by atoms with Gasteiger partial charge in [0.2, 0.25) is 5.91 Å². The summed E-state index contributed by atoms with van der Waals surface area (Å²) in [6, 6.07) is -1.52. The highest BCUT2D eigenvalue weighted by atomic mass is 16.4. The maximum absolute atomic E-state index is 11.3. The smallest absolute Gasteiger partial charge is 0.325 e. The van der Waals surface area contributed by atoms with Gasteiger partial charge in [0.15, 0.2) is 0 Å². The van der Waals surface area contributed by atoms with Crippen molar-refractivity contribution in [3.05, 3.63) is 0 Å². The fraction of sp³-hybridized carbons (Fsp3) is 0.778. The van der Waals surface area contributed by atoms with Gasteiger partial charge in [-0.1, -0.05) is 13.8 Å². The molecule has 0 fully saturated rings. The molecule has 0 heterocycles. The maximum atomic E-state index is 11.3. The van der Waals surface area contributed by atoms with Crippen molar-refractivity contribution in [2.24, 2.45) is 11.7 Å². The van der Waals surface area contributed by atoms with Crippen LogP contribution in [0.15, 0.2) is 0 Å². The van der Waals surface area contributed by atoms with E-state index in [1.54, 1.807) is 0 Å². The lowest BCUT2D eigenvalue weighted by atomic mass is 10.0. The van der Waals surface area contributed by atoms with Crippen molar-refractivity contribution in [1.29, 1.82) is 0 Å². The average molecular weight is 202 g/mol. The van der Waals surface area contributed by atoms with Crippen molar-refractivity contribution in [2.75, 3.05) is 0 Å². The van der Waals surface area contributed by atoms with Gasteiger partial charge in [0, 0.05) is 0 Å². The molecule has 1 amide bonds. The Morgan fingerprint density at radius 3 is 2.21 bits per heavy atom. The van der Waals surface area contributed by atoms with Crippen LogP contribution in [0.1, 0.15) is 27.2 Å². The van der Waals surface area contributed by atoms with Gasteiger partial charge in [-0.3, -0.25) is 9.59 Å². The Hall–Kier alpha value is -1.10. The highest BCUT2D eigenvalue weighted by molar-refractivity contribution is 5.86. The van der Waals surface area contributed by atoms with Crippen molar-refractivity contribution >= 4 is 11.9 Å². The largest absolute Gasteiger partial charge is 0.480 e. The van der Waals surface area contributed by atoms with Gasteiger partial charge in [-0.05, 0) is 19.3 Å². The van der Waals surface area contributed by atoms with Gasteiger partial charge >= 0.3 is 5.97 Å². The summed E-state index contributed by atoms with van der Waals surface area (Å²) in [7, 11) is 0. The zero-order valence-corrected chi connectivity index (χ0v) is 8.78. The summed E-state index contributed by atoms with van der Waals surface area (Å²) in [4.78, 5) is 21.7. The van der Waals surface area contributed by atoms with E-state index >= 15 is 0 Å². The summed E-state index contributed by atoms with van der Waals surface area (Å²) >= 11 is 0. The number of hydrogen-bond acceptors (Lipinski definition) is 3. The van der Waals surface area contributed by atoms with Crippen LogP contribution >= 0.6 is 0 Å². The highest BCUT2D eigenvalue weighted by Gasteiger charge is 2.19. The molecule has 5 nitrogen and oxygen atoms in total. The number of carbonyl (C=O) groups is 2. The number of nitrogens with two attached hydrogens (primary N) is 1. The standard InChI is InChI=1S/C9H18N2O3/c1-5(2)4-7(10)8(12)11-6(3)9(13)14/h5-7H,4,10H2,1-3H3,(H,11,12)(H,13,14)/t6-,7?/m1/s1. The third kappa shape index (κ3) is 4.81. The minimum absolute atomic E-state index is 0.316. The molecule has 5 heteroatoms. The summed E-state index contributed by atoms with van der Waals surface area (Å²) < 4.78 is 0. The predicted molar refractivity (Wildman–Crippen MR) is 52.7 cm³/mol. The van der Waals surface area contributed by atoms with Crippen LogP contribution in [0.4, 0.5) is 0 Å². The molecule has 0 aliphatic heterocycles. The normalized spacial score (nSPS) is 14.9. The fourth-order valence-corrected chi connectivity index (χ4v) is 0.997. The summed E-state index contributed by atoms with van der Waals surface area (Å²) in [6.07, 6.45) is 0.554. The zero-order valence-electron chi connectivity index (χ0n) is 8.78. The lowest BCUT2D eigenvalue weighted by Gasteiger charge is -2.16. The first-order valence-corrected chi connectivity index (χ1v) is 4.63. The van der Waals surface area contributed by atoms with Gasteiger partial charge in [0.1, 0.15) is 6.04 Å². The molecule has 0 rings (SSSR count). The Labute approximate surface area is 83.7 Å². The second-order valence-corrected chi connectivity index (χ2v) is 3.80. The summed E-state index contributed by atoms with van der Waals surface area (Å²) in [5.41, 5.74) is 5.56. The van der Waals surface area contributed by atoms with E-state index in [9.17, 15) is 9.59 Å². The molecule has 0 radical (unpaired) electrons. The molecule has 0 aliphatic rings. The molecule has 0 spiro atoms. The Bertz CT molecular complexity index is 216. The summed E-state index contributed by atoms with van der Waals surface area (Å²) in [5, 5.41) is 10.9. The monoisotopic (exact) mass is 202 g/mol. The van der Waals surface area contributed by atoms with E-state index in [0.717, 1.165) is 0 Å². The minimum Gasteiger partial charge on any atom is -0.480 e. The van der Waals surface area contributed by atoms with Gasteiger partial charge in [-0.25, -0.2) is 0 Å². The molecule has 82 valence electrons. The van der Waals surface area contributed by atoms with E-state index in [1.165, 1.54) is 6.92 Å². The molecular formula is C9H18N2O3. The molecule has 0 aromatic rings. The Balaban J connectivity index is 4.01. The number of hydrogen-bond donors (Lipinski definition) is 3. The SMILES string of the molecule is CC(C)CC(N)C(=O)N[C@H](C)C(=O)O. The topological polar surface area (TPSA) is 92.4 Å². The average Bonchev–Trinajstić information content (AvgIpc) is 2.02. The van der Waals surface area contributed by atoms with Crippen molar-refractivity contribution in [1.82, 2.24) is 5.32 Å². The highest BCUT2D eigenvalue weighted by Crippen LogP contribution is 2.02. The first-order valence-electron chi connectivity index (χ1n) is 4.63. The number of nitrogens with one attached hydrogen (secondary N) is 1. The van der Waals surface area contributed by atoms with Crippen molar-refractivity contribution in [3.8, 4) is 0 Å². The van der Waals surface area contributed by atoms with Crippen molar-refractivity contribution in [2.45, 2.75) is 39.3 Å². The number of rotatable bonds is 5. The number of carboxylic acids is 1. The zero-order chi connectivity index (χ0) is 11.3. The minimum atomic E-state index is -1.06. The predicted octanol–water partition coefficient (Wildman–Crippen LogP) is -0.0509. The Morgan fingerprint density at radius 1 is 1.36 bits per heavy atom. The van der Waals surface area contributed by atoms with Crippen LogP contribution in [0.2, 0.25) is 0 Å². The quantitative estimate of drug-likeness (QED) is 0.582. The van der Waals surface area contributed by atoms with E-state index < -0.39 is 24.0 Å². The number of amides is 1. The van der Waals surface area contributed by atoms with Crippen LogP contribution in [0.5, 0.6) is 0 Å². The van der Waals surface area contributed by atoms with Crippen LogP contribution in [-0.2, 0) is 9.59 Å². The number of aliphatic carboxylic acids is 1. The van der Waals surface area contributed by atoms with Gasteiger partial charge in [0.05, 0.1) is 6.04 Å². The molecule has 4 N–H and O–H groups in total. The van der Waals surface area contributed by atoms with Gasteiger partial charge in [0.25, 0.3) is 0 Å². The van der Waals surface area contributed by atoms with E-state index in [-0.39, 0.29) is 0 Å². The first-order chi connectivity index (χ1) is 6.34. The Kier molecular flexibility index (Phi) is 5.15. The molecular weight excluding hydrogens is 184 g/mol. The van der Waals surface area contributed by atoms with E-state index in [0.29, 0.717) is 12.3 Å². The molecule has 0 saturated carbocycles. The lowest BCUT2D eigenvalue weighted by Crippen LogP contribution is -2.47. The lowest BCUT2D eigenvalue weighted by molar-refractivity contribution is -0.141. The molecule has 0 aliphatic carbocycles. The third-order valence-electron chi connectivity index (χ3n) is 1.79. The molecule has 0 saturated heterocycles. The van der Waals surface area contributed by atoms with Crippen LogP contribution in [0, 0.1) is 5.92 Å². The van der Waals surface area contributed by atoms with Gasteiger partial charge in [-0.2, -0.15) is 0 Å². The second kappa shape index (κ2) is 5.59. The van der Waals surface area contributed by atoms with Crippen LogP contribution < -0.4 is 11.1 Å². The number of carbonyl (C=O) groups excluding carboxylic acids is 1. The molecule has 14 heavy (non-hydrogen) atoms. The van der Waals surface area contributed by atoms with Gasteiger partial charge in [-0.15, -0.1) is 0 Å². The van der Waals surface area contributed by atoms with E-state index in [1.807, 2.05) is 13.8 Å². The molecule has 0 aromatic heterocycles. The van der Waals surface area contributed by atoms with Crippen LogP contribution in [-0.4, -0.2) is 29.1 Å². The fourth-order valence-electron chi connectivity index (χ4n) is 0.997. The summed E-state index contributed by atoms with van der Waals surface area (Å²) in [5.74, 6) is -1.15. The number of carboxylic acid groups (broad SMARTS) is 1. The van der Waals surface area contributed by atoms with E-state index in [2.05, 4.69) is 5.32 Å². The van der Waals surface area contributed by atoms with Crippen LogP contribution in [0.25, 0.3) is 0 Å². The van der Waals surface area contributed by atoms with Crippen LogP contribution in [0.3, 0.4) is 0 Å². The first kappa shape index (κ1) is 12.9. The Morgan fingerprint density at radius 2 is 1.86 bits per heavy atom. The molecule has 0 bridgehead atoms. The van der Waals surface area contributed by atoms with Crippen molar-refractivity contribution < 1.29 is 14.7 Å².